The summed E-state index contributed by atoms with van der Waals surface area (Å²) >= 11 is 0. The molecule has 0 unspecified atom stereocenters. The van der Waals surface area contributed by atoms with E-state index in [0.717, 1.165) is 84.7 Å². The minimum absolute atomic E-state index is 0.251. The first-order valence-corrected chi connectivity index (χ1v) is 17.6. The molecule has 0 N–H and O–H groups in total. The molecule has 2 fully saturated rings. The van der Waals surface area contributed by atoms with Crippen molar-refractivity contribution >= 4 is 17.1 Å². The van der Waals surface area contributed by atoms with Gasteiger partial charge in [0.15, 0.2) is 0 Å². The summed E-state index contributed by atoms with van der Waals surface area (Å²) in [4.78, 5) is 1.25. The number of hydrogen-bond acceptors (Lipinski definition) is 3. The molecular formula is C46H47NO2. The highest BCUT2D eigenvalue weighted by Gasteiger charge is 2.51. The lowest BCUT2D eigenvalue weighted by Crippen LogP contribution is -2.25. The van der Waals surface area contributed by atoms with Crippen molar-refractivity contribution in [2.45, 2.75) is 101 Å². The number of anilines is 3. The van der Waals surface area contributed by atoms with Crippen LogP contribution in [0.15, 0.2) is 115 Å². The zero-order valence-corrected chi connectivity index (χ0v) is 28.6. The summed E-state index contributed by atoms with van der Waals surface area (Å²) in [6.07, 6.45) is 8.18. The van der Waals surface area contributed by atoms with Crippen molar-refractivity contribution in [3.05, 3.63) is 137 Å². The van der Waals surface area contributed by atoms with Gasteiger partial charge in [0.1, 0.15) is 0 Å². The number of benzene rings is 5. The maximum Gasteiger partial charge on any atom is 0.0946 e. The molecule has 4 aliphatic rings. The monoisotopic (exact) mass is 655 g/mol. The third-order valence-corrected chi connectivity index (χ3v) is 11.3. The maximum absolute atomic E-state index is 9.11. The van der Waals surface area contributed by atoms with E-state index in [1.807, 2.05) is 0 Å². The van der Waals surface area contributed by atoms with E-state index in [4.69, 9.17) is 23.2 Å². The molecular weight excluding hydrogens is 599 g/mol. The van der Waals surface area contributed by atoms with Crippen molar-refractivity contribution in [3.63, 3.8) is 0 Å². The Morgan fingerprint density at radius 1 is 0.469 bits per heavy atom. The van der Waals surface area contributed by atoms with E-state index >= 15 is 0 Å². The van der Waals surface area contributed by atoms with E-state index in [9.17, 15) is 0 Å². The summed E-state index contributed by atoms with van der Waals surface area (Å²) < 4.78 is 101. The molecule has 0 aromatic heterocycles. The van der Waals surface area contributed by atoms with Crippen LogP contribution in [-0.4, -0.2) is 0 Å². The average molecular weight is 656 g/mol. The minimum Gasteiger partial charge on any atom is -0.360 e. The highest BCUT2D eigenvalue weighted by Crippen LogP contribution is 2.57. The molecule has 248 valence electrons. The summed E-state index contributed by atoms with van der Waals surface area (Å²) in [7, 11) is 0. The normalized spacial score (nSPS) is 23.3. The van der Waals surface area contributed by atoms with E-state index in [0.29, 0.717) is 0 Å². The SMILES string of the molecule is [2H]c1c([2H])c([2H])c(N(c2cc(-c3ccc4c(c3)C(C)(C)OC43CCCC3)cc(-c3ccc4c(c3)C(C)(C)OC43CCCC3)c2)c2c([2H])c([2H])c([2H])c([2H])c2[2H])c([2H])c1[2H]. The first-order chi connectivity index (χ1) is 27.8. The van der Waals surface area contributed by atoms with Crippen LogP contribution in [0.25, 0.3) is 22.3 Å². The molecule has 0 bridgehead atoms. The molecule has 0 atom stereocenters. The molecule has 3 nitrogen and oxygen atoms in total. The number of para-hydroxylation sites is 2. The Bertz CT molecular complexity index is 2380. The smallest absolute Gasteiger partial charge is 0.0946 e. The first-order valence-electron chi connectivity index (χ1n) is 22.6. The predicted octanol–water partition coefficient (Wildman–Crippen LogP) is 12.6. The largest absolute Gasteiger partial charge is 0.360 e. The molecule has 0 amide bonds. The van der Waals surface area contributed by atoms with Gasteiger partial charge in [-0.1, -0.05) is 86.2 Å². The number of nitrogens with zero attached hydrogens (tertiary/aromatic N) is 1. The summed E-state index contributed by atoms with van der Waals surface area (Å²) in [5.41, 5.74) is 5.42. The molecule has 0 radical (unpaired) electrons. The standard InChI is InChI=1S/C46H47NO2/c1-43(2)41-30-32(19-21-39(41)45(48-43)23-11-12-24-45)34-27-35(33-20-22-40-42(31-33)44(3,4)49-46(40)25-13-14-26-46)29-38(28-34)47(36-15-7-5-8-16-36)37-17-9-6-10-18-37/h5-10,15-22,27-31H,11-14,23-26H2,1-4H3/i5D,6D,7D,8D,9D,10D,15D,16D,17D,18D. The fourth-order valence-corrected chi connectivity index (χ4v) is 9.22. The summed E-state index contributed by atoms with van der Waals surface area (Å²) in [6.45, 7) is 8.37. The molecule has 2 saturated carbocycles. The van der Waals surface area contributed by atoms with Crippen LogP contribution in [0.3, 0.4) is 0 Å². The molecule has 3 heteroatoms. The van der Waals surface area contributed by atoms with E-state index in [1.165, 1.54) is 16.0 Å². The quantitative estimate of drug-likeness (QED) is 0.188. The highest BCUT2D eigenvalue weighted by atomic mass is 16.5. The zero-order valence-electron chi connectivity index (χ0n) is 38.6. The number of rotatable bonds is 5. The molecule has 2 spiro atoms. The van der Waals surface area contributed by atoms with E-state index < -0.39 is 71.6 Å². The second kappa shape index (κ2) is 11.2. The van der Waals surface area contributed by atoms with Crippen molar-refractivity contribution in [1.29, 1.82) is 0 Å². The van der Waals surface area contributed by atoms with Crippen LogP contribution in [0.4, 0.5) is 17.1 Å². The molecule has 2 aliphatic carbocycles. The van der Waals surface area contributed by atoms with Crippen LogP contribution in [0.1, 0.15) is 115 Å². The fourth-order valence-electron chi connectivity index (χ4n) is 9.22. The molecule has 2 heterocycles. The Morgan fingerprint density at radius 3 is 1.29 bits per heavy atom. The van der Waals surface area contributed by atoms with Gasteiger partial charge in [0, 0.05) is 17.1 Å². The van der Waals surface area contributed by atoms with Crippen LogP contribution < -0.4 is 4.90 Å². The average Bonchev–Trinajstić information content (AvgIpc) is 3.98. The van der Waals surface area contributed by atoms with Gasteiger partial charge >= 0.3 is 0 Å². The third kappa shape index (κ3) is 5.00. The zero-order chi connectivity index (χ0) is 42.1. The van der Waals surface area contributed by atoms with Crippen LogP contribution >= 0.6 is 0 Å². The lowest BCUT2D eigenvalue weighted by Gasteiger charge is -2.28. The van der Waals surface area contributed by atoms with Crippen LogP contribution in [-0.2, 0) is 31.9 Å². The van der Waals surface area contributed by atoms with E-state index in [-0.39, 0.29) is 28.3 Å². The third-order valence-electron chi connectivity index (χ3n) is 11.3. The van der Waals surface area contributed by atoms with Gasteiger partial charge in [-0.05, 0) is 152 Å². The summed E-state index contributed by atoms with van der Waals surface area (Å²) in [6, 6.07) is 12.4. The maximum atomic E-state index is 9.11. The predicted molar refractivity (Wildman–Crippen MR) is 201 cm³/mol. The Kier molecular flexibility index (Phi) is 4.97. The highest BCUT2D eigenvalue weighted by molar-refractivity contribution is 5.85. The van der Waals surface area contributed by atoms with E-state index in [2.05, 4.69) is 70.2 Å². The van der Waals surface area contributed by atoms with E-state index in [1.54, 1.807) is 12.1 Å². The second-order valence-corrected chi connectivity index (χ2v) is 15.2. The Balaban J connectivity index is 1.34. The van der Waals surface area contributed by atoms with Crippen molar-refractivity contribution in [2.24, 2.45) is 0 Å². The summed E-state index contributed by atoms with van der Waals surface area (Å²) in [5, 5.41) is 0. The van der Waals surface area contributed by atoms with Gasteiger partial charge in [0.2, 0.25) is 0 Å². The molecule has 5 aromatic carbocycles. The molecule has 5 aromatic rings. The second-order valence-electron chi connectivity index (χ2n) is 15.2. The Labute approximate surface area is 306 Å². The fraction of sp³-hybridized carbons (Fsp3) is 0.348. The van der Waals surface area contributed by atoms with Crippen molar-refractivity contribution in [3.8, 4) is 22.3 Å². The first kappa shape index (κ1) is 21.8. The van der Waals surface area contributed by atoms with Crippen LogP contribution in [0.2, 0.25) is 0 Å². The number of ether oxygens (including phenoxy) is 2. The molecule has 49 heavy (non-hydrogen) atoms. The Hall–Kier alpha value is -4.18. The van der Waals surface area contributed by atoms with Gasteiger partial charge in [-0.25, -0.2) is 0 Å². The summed E-state index contributed by atoms with van der Waals surface area (Å²) in [5.74, 6) is 0. The van der Waals surface area contributed by atoms with Gasteiger partial charge in [-0.3, -0.25) is 0 Å². The van der Waals surface area contributed by atoms with Gasteiger partial charge in [-0.15, -0.1) is 0 Å². The topological polar surface area (TPSA) is 21.7 Å². The van der Waals surface area contributed by atoms with Gasteiger partial charge in [0.05, 0.1) is 36.1 Å². The van der Waals surface area contributed by atoms with Gasteiger partial charge < -0.3 is 14.4 Å². The molecule has 0 saturated heterocycles. The molecule has 9 rings (SSSR count). The number of fused-ring (bicyclic) bond motifs is 4. The van der Waals surface area contributed by atoms with Crippen molar-refractivity contribution < 1.29 is 23.2 Å². The van der Waals surface area contributed by atoms with Gasteiger partial charge in [-0.2, -0.15) is 0 Å². The lowest BCUT2D eigenvalue weighted by molar-refractivity contribution is -0.122. The number of hydrogen-bond donors (Lipinski definition) is 0. The Morgan fingerprint density at radius 2 is 0.878 bits per heavy atom. The van der Waals surface area contributed by atoms with Crippen LogP contribution in [0, 0.1) is 0 Å². The minimum atomic E-state index is -0.613. The van der Waals surface area contributed by atoms with Crippen molar-refractivity contribution in [2.75, 3.05) is 4.90 Å². The lowest BCUT2D eigenvalue weighted by atomic mass is 9.84. The van der Waals surface area contributed by atoms with Crippen molar-refractivity contribution in [1.82, 2.24) is 0 Å². The van der Waals surface area contributed by atoms with Gasteiger partial charge in [0.25, 0.3) is 0 Å². The molecule has 2 aliphatic heterocycles. The van der Waals surface area contributed by atoms with Crippen LogP contribution in [0.5, 0.6) is 0 Å².